The number of carbonyl (C=O) groups excluding carboxylic acids is 2. The minimum Gasteiger partial charge on any atom is -0.456 e. The number of ether oxygens (including phenoxy) is 1. The summed E-state index contributed by atoms with van der Waals surface area (Å²) in [6.07, 6.45) is 0.335. The average Bonchev–Trinajstić information content (AvgIpc) is 2.38. The van der Waals surface area contributed by atoms with Crippen molar-refractivity contribution in [2.24, 2.45) is 0 Å². The van der Waals surface area contributed by atoms with Crippen LogP contribution in [0.5, 0.6) is 0 Å². The zero-order chi connectivity index (χ0) is 13.4. The Morgan fingerprint density at radius 3 is 2.50 bits per heavy atom. The van der Waals surface area contributed by atoms with Gasteiger partial charge in [0.2, 0.25) is 5.91 Å². The Balaban J connectivity index is 2.65. The van der Waals surface area contributed by atoms with Gasteiger partial charge in [0, 0.05) is 18.5 Å². The second-order valence-corrected chi connectivity index (χ2v) is 3.52. The highest BCUT2D eigenvalue weighted by Crippen LogP contribution is 2.04. The third-order valence-corrected chi connectivity index (χ3v) is 2.18. The Labute approximate surface area is 106 Å². The molecule has 0 bridgehead atoms. The van der Waals surface area contributed by atoms with Crippen LogP contribution in [0.2, 0.25) is 0 Å². The molecule has 1 aromatic carbocycles. The van der Waals surface area contributed by atoms with Crippen molar-refractivity contribution in [2.45, 2.75) is 13.3 Å². The van der Waals surface area contributed by atoms with Crippen molar-refractivity contribution in [1.82, 2.24) is 5.32 Å². The van der Waals surface area contributed by atoms with Gasteiger partial charge in [0.05, 0.1) is 13.0 Å². The fourth-order valence-corrected chi connectivity index (χ4v) is 1.27. The Morgan fingerprint density at radius 1 is 1.28 bits per heavy atom. The van der Waals surface area contributed by atoms with Crippen LogP contribution in [-0.4, -0.2) is 25.5 Å². The van der Waals surface area contributed by atoms with Crippen LogP contribution < -0.4 is 5.32 Å². The van der Waals surface area contributed by atoms with Crippen LogP contribution >= 0.6 is 0 Å². The predicted molar refractivity (Wildman–Crippen MR) is 67.7 cm³/mol. The zero-order valence-electron chi connectivity index (χ0n) is 10.4. The van der Waals surface area contributed by atoms with Gasteiger partial charge in [-0.1, -0.05) is 18.1 Å². The van der Waals surface area contributed by atoms with Crippen molar-refractivity contribution >= 4 is 11.9 Å². The third kappa shape index (κ3) is 4.71. The maximum Gasteiger partial charge on any atom is 0.384 e. The minimum atomic E-state index is -0.535. The highest BCUT2D eigenvalue weighted by atomic mass is 16.5. The zero-order valence-corrected chi connectivity index (χ0v) is 10.4. The van der Waals surface area contributed by atoms with E-state index in [1.165, 1.54) is 0 Å². The molecule has 0 fully saturated rings. The van der Waals surface area contributed by atoms with Crippen LogP contribution in [0.4, 0.5) is 0 Å². The molecule has 0 aliphatic heterocycles. The lowest BCUT2D eigenvalue weighted by Crippen LogP contribution is -2.19. The Kier molecular flexibility index (Phi) is 5.46. The Bertz CT molecular complexity index is 480. The summed E-state index contributed by atoms with van der Waals surface area (Å²) in [6, 6.07) is 7.16. The molecule has 1 amide bonds. The lowest BCUT2D eigenvalue weighted by molar-refractivity contribution is -0.136. The van der Waals surface area contributed by atoms with Gasteiger partial charge in [-0.2, -0.15) is 0 Å². The molecule has 94 valence electrons. The highest BCUT2D eigenvalue weighted by molar-refractivity contribution is 5.89. The lowest BCUT2D eigenvalue weighted by atomic mass is 10.1. The first-order chi connectivity index (χ1) is 8.65. The second kappa shape index (κ2) is 7.13. The van der Waals surface area contributed by atoms with Gasteiger partial charge in [-0.05, 0) is 24.6 Å². The molecule has 0 aromatic heterocycles. The van der Waals surface area contributed by atoms with Crippen molar-refractivity contribution in [3.8, 4) is 11.8 Å². The lowest BCUT2D eigenvalue weighted by Gasteiger charge is -2.00. The van der Waals surface area contributed by atoms with Crippen LogP contribution in [0.15, 0.2) is 24.3 Å². The predicted octanol–water partition coefficient (Wildman–Crippen LogP) is 0.890. The molecule has 1 N–H and O–H groups in total. The summed E-state index contributed by atoms with van der Waals surface area (Å²) in [4.78, 5) is 22.2. The van der Waals surface area contributed by atoms with Gasteiger partial charge in [-0.3, -0.25) is 4.79 Å². The van der Waals surface area contributed by atoms with E-state index in [1.807, 2.05) is 12.1 Å². The van der Waals surface area contributed by atoms with Crippen molar-refractivity contribution in [3.05, 3.63) is 35.4 Å². The molecule has 1 rings (SSSR count). The van der Waals surface area contributed by atoms with E-state index in [2.05, 4.69) is 21.9 Å². The van der Waals surface area contributed by atoms with Gasteiger partial charge in [0.25, 0.3) is 0 Å². The van der Waals surface area contributed by atoms with Crippen LogP contribution in [0, 0.1) is 11.8 Å². The van der Waals surface area contributed by atoms with Crippen LogP contribution in [0.3, 0.4) is 0 Å². The summed E-state index contributed by atoms with van der Waals surface area (Å²) in [5.74, 6) is 4.50. The summed E-state index contributed by atoms with van der Waals surface area (Å²) >= 11 is 0. The quantitative estimate of drug-likeness (QED) is 0.635. The molecule has 0 radical (unpaired) electrons. The smallest absolute Gasteiger partial charge is 0.384 e. The summed E-state index contributed by atoms with van der Waals surface area (Å²) in [5.41, 5.74) is 1.61. The molecule has 0 spiro atoms. The largest absolute Gasteiger partial charge is 0.456 e. The summed E-state index contributed by atoms with van der Waals surface area (Å²) in [7, 11) is 1.60. The minimum absolute atomic E-state index is 0.0413. The van der Waals surface area contributed by atoms with E-state index in [0.717, 1.165) is 5.56 Å². The van der Waals surface area contributed by atoms with E-state index in [9.17, 15) is 9.59 Å². The molecule has 0 saturated heterocycles. The molecule has 0 aliphatic carbocycles. The van der Waals surface area contributed by atoms with Crippen molar-refractivity contribution < 1.29 is 14.3 Å². The summed E-state index contributed by atoms with van der Waals surface area (Å²) in [6.45, 7) is 2.05. The normalized spacial score (nSPS) is 9.00. The fraction of sp³-hybridized carbons (Fsp3) is 0.286. The average molecular weight is 245 g/mol. The van der Waals surface area contributed by atoms with Gasteiger partial charge in [0.15, 0.2) is 0 Å². The first-order valence-electron chi connectivity index (χ1n) is 5.64. The highest BCUT2D eigenvalue weighted by Gasteiger charge is 2.00. The van der Waals surface area contributed by atoms with E-state index < -0.39 is 5.97 Å². The van der Waals surface area contributed by atoms with Crippen molar-refractivity contribution in [1.29, 1.82) is 0 Å². The van der Waals surface area contributed by atoms with E-state index in [4.69, 9.17) is 0 Å². The second-order valence-electron chi connectivity index (χ2n) is 3.52. The fourth-order valence-electron chi connectivity index (χ4n) is 1.27. The van der Waals surface area contributed by atoms with E-state index in [0.29, 0.717) is 18.6 Å². The number of amides is 1. The monoisotopic (exact) mass is 245 g/mol. The molecular formula is C14H15NO3. The van der Waals surface area contributed by atoms with Crippen LogP contribution in [0.25, 0.3) is 0 Å². The maximum absolute atomic E-state index is 11.2. The number of benzene rings is 1. The first kappa shape index (κ1) is 13.8. The molecule has 4 heteroatoms. The Hall–Kier alpha value is -2.28. The number of likely N-dealkylation sites (N-methyl/N-ethyl adjacent to an activating group) is 1. The van der Waals surface area contributed by atoms with Gasteiger partial charge in [-0.15, -0.1) is 0 Å². The van der Waals surface area contributed by atoms with Crippen molar-refractivity contribution in [3.63, 3.8) is 0 Å². The number of carbonyl (C=O) groups is 2. The third-order valence-electron chi connectivity index (χ3n) is 2.18. The number of hydrogen-bond acceptors (Lipinski definition) is 3. The molecule has 1 aromatic rings. The van der Waals surface area contributed by atoms with Gasteiger partial charge >= 0.3 is 5.97 Å². The van der Waals surface area contributed by atoms with Crippen LogP contribution in [-0.2, 0) is 20.7 Å². The molecular weight excluding hydrogens is 230 g/mol. The standard InChI is InChI=1S/C14H15NO3/c1-3-18-14(17)9-8-11-4-6-12(7-5-11)10-13(16)15-2/h4-7H,3,10H2,1-2H3,(H,15,16). The SMILES string of the molecule is CCOC(=O)C#Cc1ccc(CC(=O)NC)cc1. The topological polar surface area (TPSA) is 55.4 Å². The van der Waals surface area contributed by atoms with Gasteiger partial charge < -0.3 is 10.1 Å². The van der Waals surface area contributed by atoms with E-state index in [1.54, 1.807) is 26.1 Å². The van der Waals surface area contributed by atoms with Gasteiger partial charge in [0.1, 0.15) is 0 Å². The molecule has 0 unspecified atom stereocenters. The molecule has 0 aliphatic rings. The summed E-state index contributed by atoms with van der Waals surface area (Å²) in [5, 5.41) is 2.55. The Morgan fingerprint density at radius 2 is 1.94 bits per heavy atom. The first-order valence-corrected chi connectivity index (χ1v) is 5.64. The molecule has 0 saturated carbocycles. The molecule has 18 heavy (non-hydrogen) atoms. The maximum atomic E-state index is 11.2. The molecule has 0 heterocycles. The molecule has 4 nitrogen and oxygen atoms in total. The van der Waals surface area contributed by atoms with E-state index >= 15 is 0 Å². The van der Waals surface area contributed by atoms with Crippen molar-refractivity contribution in [2.75, 3.05) is 13.7 Å². The molecule has 0 atom stereocenters. The summed E-state index contributed by atoms with van der Waals surface area (Å²) < 4.78 is 4.69. The number of nitrogens with one attached hydrogen (secondary N) is 1. The number of hydrogen-bond donors (Lipinski definition) is 1. The van der Waals surface area contributed by atoms with E-state index in [-0.39, 0.29) is 5.91 Å². The van der Waals surface area contributed by atoms with Crippen LogP contribution in [0.1, 0.15) is 18.1 Å². The number of esters is 1. The number of rotatable bonds is 3. The van der Waals surface area contributed by atoms with Gasteiger partial charge in [-0.25, -0.2) is 4.79 Å².